The molecule has 0 spiro atoms. The Balaban J connectivity index is 1.59. The molecule has 7 nitrogen and oxygen atoms in total. The zero-order valence-corrected chi connectivity index (χ0v) is 15.9. The fourth-order valence-corrected chi connectivity index (χ4v) is 3.53. The fourth-order valence-electron chi connectivity index (χ4n) is 3.53. The number of halogens is 1. The van der Waals surface area contributed by atoms with Crippen LogP contribution in [-0.4, -0.2) is 33.3 Å². The van der Waals surface area contributed by atoms with Crippen LogP contribution in [-0.2, 0) is 0 Å². The highest BCUT2D eigenvalue weighted by molar-refractivity contribution is 5.76. The molecule has 0 atom stereocenters. The van der Waals surface area contributed by atoms with E-state index < -0.39 is 5.95 Å². The number of nitrogens with one attached hydrogen (secondary N) is 2. The van der Waals surface area contributed by atoms with Gasteiger partial charge in [-0.25, -0.2) is 4.98 Å². The summed E-state index contributed by atoms with van der Waals surface area (Å²) in [5.74, 6) is 0.912. The van der Waals surface area contributed by atoms with Crippen molar-refractivity contribution in [3.8, 4) is 5.75 Å². The predicted molar refractivity (Wildman–Crippen MR) is 108 cm³/mol. The fraction of sp³-hybridized carbons (Fsp3) is 0.400. The van der Waals surface area contributed by atoms with Crippen molar-refractivity contribution in [1.82, 2.24) is 14.6 Å². The average Bonchev–Trinajstić information content (AvgIpc) is 3.07. The third-order valence-corrected chi connectivity index (χ3v) is 4.99. The zero-order valence-electron chi connectivity index (χ0n) is 15.9. The smallest absolute Gasteiger partial charge is 0.234 e. The number of rotatable bonds is 6. The monoisotopic (exact) mass is 384 g/mol. The van der Waals surface area contributed by atoms with E-state index in [9.17, 15) is 4.39 Å². The Morgan fingerprint density at radius 3 is 2.68 bits per heavy atom. The van der Waals surface area contributed by atoms with Gasteiger partial charge in [-0.2, -0.15) is 8.91 Å². The molecule has 3 aromatic rings. The Bertz CT molecular complexity index is 934. The topological polar surface area (TPSA) is 89.5 Å². The van der Waals surface area contributed by atoms with E-state index in [0.29, 0.717) is 23.8 Å². The predicted octanol–water partition coefficient (Wildman–Crippen LogP) is 3.69. The van der Waals surface area contributed by atoms with Gasteiger partial charge in [-0.1, -0.05) is 0 Å². The molecule has 1 aromatic carbocycles. The maximum atomic E-state index is 14.2. The molecule has 0 bridgehead atoms. The molecule has 1 aliphatic carbocycles. The quantitative estimate of drug-likeness (QED) is 0.601. The maximum absolute atomic E-state index is 14.2. The van der Waals surface area contributed by atoms with Crippen molar-refractivity contribution in [2.45, 2.75) is 44.7 Å². The number of aromatic nitrogens is 3. The van der Waals surface area contributed by atoms with Crippen molar-refractivity contribution in [2.24, 2.45) is 5.73 Å². The van der Waals surface area contributed by atoms with Crippen LogP contribution in [0.4, 0.5) is 21.6 Å². The minimum atomic E-state index is -0.501. The molecule has 1 saturated carbocycles. The molecule has 28 heavy (non-hydrogen) atoms. The summed E-state index contributed by atoms with van der Waals surface area (Å²) in [5, 5.41) is 11.1. The first-order valence-electron chi connectivity index (χ1n) is 9.68. The summed E-state index contributed by atoms with van der Waals surface area (Å²) in [6, 6.07) is 10.0. The van der Waals surface area contributed by atoms with E-state index in [1.165, 1.54) is 10.7 Å². The Hall–Kier alpha value is -2.87. The first-order chi connectivity index (χ1) is 13.6. The van der Waals surface area contributed by atoms with Gasteiger partial charge in [0.25, 0.3) is 0 Å². The molecule has 2 heterocycles. The molecule has 148 valence electrons. The number of fused-ring (bicyclic) bond motifs is 1. The molecule has 0 unspecified atom stereocenters. The Morgan fingerprint density at radius 1 is 1.21 bits per heavy atom. The van der Waals surface area contributed by atoms with Crippen LogP contribution in [0.1, 0.15) is 32.6 Å². The summed E-state index contributed by atoms with van der Waals surface area (Å²) in [5.41, 5.74) is 7.95. The van der Waals surface area contributed by atoms with E-state index in [4.69, 9.17) is 10.5 Å². The second-order valence-electron chi connectivity index (χ2n) is 7.10. The second-order valence-corrected chi connectivity index (χ2v) is 7.10. The van der Waals surface area contributed by atoms with E-state index in [1.54, 1.807) is 0 Å². The third-order valence-electron chi connectivity index (χ3n) is 4.99. The van der Waals surface area contributed by atoms with Crippen molar-refractivity contribution in [3.63, 3.8) is 0 Å². The lowest BCUT2D eigenvalue weighted by molar-refractivity contribution is 0.340. The van der Waals surface area contributed by atoms with Gasteiger partial charge in [0.2, 0.25) is 5.95 Å². The highest BCUT2D eigenvalue weighted by Gasteiger charge is 2.20. The van der Waals surface area contributed by atoms with Crippen LogP contribution in [0, 0.1) is 5.95 Å². The van der Waals surface area contributed by atoms with E-state index in [0.717, 1.165) is 37.1 Å². The van der Waals surface area contributed by atoms with Crippen LogP contribution in [0.25, 0.3) is 5.65 Å². The first kappa shape index (κ1) is 18.5. The number of nitrogens with zero attached hydrogens (tertiary/aromatic N) is 3. The SMILES string of the molecule is CCOc1ccc(Nc2cc(N[C@H]3CC[C@H](N)CC3)nn3c(F)cnc23)cc1. The van der Waals surface area contributed by atoms with Gasteiger partial charge in [-0.15, -0.1) is 5.10 Å². The van der Waals surface area contributed by atoms with E-state index in [2.05, 4.69) is 20.7 Å². The van der Waals surface area contributed by atoms with Crippen LogP contribution in [0.15, 0.2) is 36.5 Å². The van der Waals surface area contributed by atoms with Gasteiger partial charge in [0.1, 0.15) is 11.6 Å². The van der Waals surface area contributed by atoms with Crippen molar-refractivity contribution >= 4 is 22.8 Å². The third kappa shape index (κ3) is 4.01. The molecule has 4 N–H and O–H groups in total. The van der Waals surface area contributed by atoms with E-state index in [-0.39, 0.29) is 12.1 Å². The number of anilines is 3. The van der Waals surface area contributed by atoms with Crippen LogP contribution in [0.3, 0.4) is 0 Å². The number of benzene rings is 1. The van der Waals surface area contributed by atoms with E-state index in [1.807, 2.05) is 37.3 Å². The number of hydrogen-bond acceptors (Lipinski definition) is 6. The van der Waals surface area contributed by atoms with Gasteiger partial charge in [0.05, 0.1) is 18.5 Å². The standard InChI is InChI=1S/C20H25FN6O/c1-2-28-16-9-7-14(8-10-16)24-17-11-19(25-15-5-3-13(22)4-6-15)26-27-18(21)12-23-20(17)27/h7-13,15,24H,2-6,22H2,1H3,(H,25,26)/t13-,15-. The molecule has 0 aliphatic heterocycles. The lowest BCUT2D eigenvalue weighted by Gasteiger charge is -2.27. The average molecular weight is 384 g/mol. The molecule has 2 aromatic heterocycles. The number of ether oxygens (including phenoxy) is 1. The normalized spacial score (nSPS) is 19.5. The van der Waals surface area contributed by atoms with Gasteiger partial charge in [0, 0.05) is 23.8 Å². The molecular formula is C20H25FN6O. The second kappa shape index (κ2) is 8.02. The number of nitrogens with two attached hydrogens (primary N) is 1. The summed E-state index contributed by atoms with van der Waals surface area (Å²) in [6.07, 6.45) is 5.10. The Kier molecular flexibility index (Phi) is 5.29. The maximum Gasteiger partial charge on any atom is 0.234 e. The van der Waals surface area contributed by atoms with Crippen LogP contribution >= 0.6 is 0 Å². The molecule has 1 aliphatic rings. The van der Waals surface area contributed by atoms with Crippen LogP contribution < -0.4 is 21.1 Å². The summed E-state index contributed by atoms with van der Waals surface area (Å²) < 4.78 is 20.9. The molecule has 0 amide bonds. The summed E-state index contributed by atoms with van der Waals surface area (Å²) in [4.78, 5) is 4.15. The highest BCUT2D eigenvalue weighted by Crippen LogP contribution is 2.27. The first-order valence-corrected chi connectivity index (χ1v) is 9.68. The minimum Gasteiger partial charge on any atom is -0.494 e. The molecular weight excluding hydrogens is 359 g/mol. The van der Waals surface area contributed by atoms with Gasteiger partial charge >= 0.3 is 0 Å². The lowest BCUT2D eigenvalue weighted by atomic mass is 9.92. The van der Waals surface area contributed by atoms with Crippen LogP contribution in [0.2, 0.25) is 0 Å². The molecule has 8 heteroatoms. The summed E-state index contributed by atoms with van der Waals surface area (Å²) >= 11 is 0. The molecule has 1 fully saturated rings. The van der Waals surface area contributed by atoms with Crippen molar-refractivity contribution in [2.75, 3.05) is 17.2 Å². The zero-order chi connectivity index (χ0) is 19.5. The largest absolute Gasteiger partial charge is 0.494 e. The molecule has 0 radical (unpaired) electrons. The summed E-state index contributed by atoms with van der Waals surface area (Å²) in [6.45, 7) is 2.56. The molecule has 0 saturated heterocycles. The summed E-state index contributed by atoms with van der Waals surface area (Å²) in [7, 11) is 0. The van der Waals surface area contributed by atoms with Gasteiger partial charge in [-0.3, -0.25) is 0 Å². The lowest BCUT2D eigenvalue weighted by Crippen LogP contribution is -2.33. The minimum absolute atomic E-state index is 0.275. The van der Waals surface area contributed by atoms with Crippen molar-refractivity contribution in [1.29, 1.82) is 0 Å². The Labute approximate surface area is 163 Å². The van der Waals surface area contributed by atoms with E-state index >= 15 is 0 Å². The van der Waals surface area contributed by atoms with Crippen LogP contribution in [0.5, 0.6) is 5.75 Å². The Morgan fingerprint density at radius 2 is 1.96 bits per heavy atom. The number of imidazole rings is 1. The molecule has 4 rings (SSSR count). The van der Waals surface area contributed by atoms with Gasteiger partial charge in [0.15, 0.2) is 5.65 Å². The van der Waals surface area contributed by atoms with Crippen molar-refractivity contribution < 1.29 is 9.13 Å². The van der Waals surface area contributed by atoms with Crippen molar-refractivity contribution in [3.05, 3.63) is 42.5 Å². The highest BCUT2D eigenvalue weighted by atomic mass is 19.1. The number of hydrogen-bond donors (Lipinski definition) is 3. The van der Waals surface area contributed by atoms with Gasteiger partial charge < -0.3 is 21.1 Å². The van der Waals surface area contributed by atoms with Gasteiger partial charge in [-0.05, 0) is 56.9 Å².